The number of hydrogen-bond donors (Lipinski definition) is 1. The summed E-state index contributed by atoms with van der Waals surface area (Å²) in [5, 5.41) is 28.2. The van der Waals surface area contributed by atoms with Gasteiger partial charge in [-0.2, -0.15) is 8.91 Å². The van der Waals surface area contributed by atoms with Gasteiger partial charge in [0.15, 0.2) is 12.3 Å². The van der Waals surface area contributed by atoms with Crippen molar-refractivity contribution in [3.05, 3.63) is 144 Å². The van der Waals surface area contributed by atoms with Gasteiger partial charge < -0.3 is 19.8 Å². The van der Waals surface area contributed by atoms with E-state index in [1.807, 2.05) is 24.3 Å². The van der Waals surface area contributed by atoms with Crippen LogP contribution in [0.4, 0.5) is 11.4 Å². The first-order valence-corrected chi connectivity index (χ1v) is 21.3. The third kappa shape index (κ3) is 8.00. The molecule has 0 amide bonds. The van der Waals surface area contributed by atoms with E-state index in [0.29, 0.717) is 24.0 Å². The summed E-state index contributed by atoms with van der Waals surface area (Å²) < 4.78 is 42.5. The van der Waals surface area contributed by atoms with Crippen LogP contribution in [0.25, 0.3) is 21.5 Å². The Hall–Kier alpha value is -5.08. The molecule has 58 heavy (non-hydrogen) atoms. The predicted molar refractivity (Wildman–Crippen MR) is 225 cm³/mol. The van der Waals surface area contributed by atoms with Crippen LogP contribution in [0.15, 0.2) is 137 Å². The zero-order valence-corrected chi connectivity index (χ0v) is 34.4. The van der Waals surface area contributed by atoms with E-state index in [1.165, 1.54) is 34.2 Å². The fourth-order valence-corrected chi connectivity index (χ4v) is 9.77. The first-order chi connectivity index (χ1) is 27.7. The summed E-state index contributed by atoms with van der Waals surface area (Å²) in [6.45, 7) is 9.91. The zero-order valence-electron chi connectivity index (χ0n) is 32.8. The number of hydrogen-bond acceptors (Lipinski definition) is 9. The number of fused-ring (bicyclic) bond motifs is 6. The molecule has 7 rings (SSSR count). The second-order valence-corrected chi connectivity index (χ2v) is 17.8. The third-order valence-electron chi connectivity index (χ3n) is 11.3. The Bertz CT molecular complexity index is 2640. The number of carboxylic acid groups (broad SMARTS) is 1. The van der Waals surface area contributed by atoms with Crippen molar-refractivity contribution in [1.82, 2.24) is 0 Å². The highest BCUT2D eigenvalue weighted by atomic mass is 32.2. The number of allylic oxidation sites excluding steroid dienone is 6. The molecular formula is C46H45N2O8S2-. The van der Waals surface area contributed by atoms with Crippen molar-refractivity contribution in [3.8, 4) is 0 Å². The SMILES string of the molecule is CC1(C)C(/C=C/C=C/C=C2\N(CCCCCC(=O)O)c3ccc4ccccc4c3C2(C)C)=[N+](Cc2ccc(S(=O)(=O)[O-])cc2SOO[O-])c2ccc3ccccc3c21. The van der Waals surface area contributed by atoms with Crippen molar-refractivity contribution in [1.29, 1.82) is 0 Å². The van der Waals surface area contributed by atoms with Crippen LogP contribution in [0, 0.1) is 0 Å². The molecule has 0 saturated heterocycles. The van der Waals surface area contributed by atoms with Crippen LogP contribution in [0.2, 0.25) is 0 Å². The summed E-state index contributed by atoms with van der Waals surface area (Å²) in [4.78, 5) is 13.4. The van der Waals surface area contributed by atoms with Crippen LogP contribution < -0.4 is 10.2 Å². The lowest BCUT2D eigenvalue weighted by molar-refractivity contribution is -0.777. The fourth-order valence-electron chi connectivity index (χ4n) is 8.68. The third-order valence-corrected chi connectivity index (χ3v) is 12.8. The van der Waals surface area contributed by atoms with Crippen LogP contribution in [-0.4, -0.2) is 40.9 Å². The molecule has 5 aromatic rings. The molecule has 1 N–H and O–H groups in total. The molecule has 2 aliphatic heterocycles. The molecule has 0 bridgehead atoms. The van der Waals surface area contributed by atoms with E-state index in [1.54, 1.807) is 6.07 Å². The zero-order chi connectivity index (χ0) is 41.2. The minimum absolute atomic E-state index is 0.169. The summed E-state index contributed by atoms with van der Waals surface area (Å²) in [5.74, 6) is -0.770. The quantitative estimate of drug-likeness (QED) is 0.0207. The van der Waals surface area contributed by atoms with E-state index in [0.717, 1.165) is 52.8 Å². The van der Waals surface area contributed by atoms with Crippen molar-refractivity contribution in [3.63, 3.8) is 0 Å². The minimum Gasteiger partial charge on any atom is -0.744 e. The number of carboxylic acids is 1. The van der Waals surface area contributed by atoms with Gasteiger partial charge in [-0.1, -0.05) is 99.2 Å². The molecule has 0 fully saturated rings. The van der Waals surface area contributed by atoms with E-state index in [-0.39, 0.29) is 23.3 Å². The number of rotatable bonds is 15. The maximum Gasteiger partial charge on any atom is 0.303 e. The number of aliphatic carboxylic acids is 1. The highest BCUT2D eigenvalue weighted by molar-refractivity contribution is 7.94. The van der Waals surface area contributed by atoms with Crippen molar-refractivity contribution in [2.75, 3.05) is 11.4 Å². The Morgan fingerprint density at radius 2 is 1.53 bits per heavy atom. The molecule has 0 radical (unpaired) electrons. The fraction of sp³-hybridized carbons (Fsp3) is 0.261. The van der Waals surface area contributed by atoms with Gasteiger partial charge in [0.2, 0.25) is 5.69 Å². The average Bonchev–Trinajstić information content (AvgIpc) is 3.54. The van der Waals surface area contributed by atoms with E-state index in [2.05, 4.69) is 125 Å². The van der Waals surface area contributed by atoms with Gasteiger partial charge in [0, 0.05) is 57.9 Å². The van der Waals surface area contributed by atoms with Gasteiger partial charge >= 0.3 is 5.97 Å². The number of nitrogens with zero attached hydrogens (tertiary/aromatic N) is 2. The molecule has 2 heterocycles. The Balaban J connectivity index is 1.26. The monoisotopic (exact) mass is 817 g/mol. The Morgan fingerprint density at radius 1 is 0.845 bits per heavy atom. The van der Waals surface area contributed by atoms with E-state index in [4.69, 9.17) is 5.11 Å². The number of carbonyl (C=O) groups is 1. The summed E-state index contributed by atoms with van der Waals surface area (Å²) in [6, 6.07) is 29.2. The normalized spacial score (nSPS) is 16.7. The first kappa shape index (κ1) is 41.1. The van der Waals surface area contributed by atoms with E-state index in [9.17, 15) is 23.0 Å². The second kappa shape index (κ2) is 16.6. The summed E-state index contributed by atoms with van der Waals surface area (Å²) in [5.41, 5.74) is 6.56. The molecule has 0 aromatic heterocycles. The lowest BCUT2D eigenvalue weighted by Crippen LogP contribution is -2.27. The van der Waals surface area contributed by atoms with Crippen molar-refractivity contribution in [2.24, 2.45) is 0 Å². The number of anilines is 1. The molecule has 0 unspecified atom stereocenters. The molecule has 2 aliphatic rings. The lowest BCUT2D eigenvalue weighted by Gasteiger charge is -2.27. The lowest BCUT2D eigenvalue weighted by atomic mass is 9.79. The standard InChI is InChI=1S/C46H46N2O8S2/c1-45(2)40(47(28-14-6-9-21-42(49)50)37-26-23-31-15-10-12-17-35(31)43(37)45)19-7-5-8-20-41-46(3,4)44-36-18-13-11-16-32(36)24-27-38(44)48(41)30-33-22-25-34(58(52,53)54)29-39(33)57-56-55-51/h5,7-8,10-13,15-20,22-27,29H,6,9,14,21,28,30H2,1-4H3,(H2-,49,50,51,52,53,54)/p-1. The molecule has 0 saturated carbocycles. The van der Waals surface area contributed by atoms with E-state index >= 15 is 0 Å². The summed E-state index contributed by atoms with van der Waals surface area (Å²) >= 11 is 0.549. The van der Waals surface area contributed by atoms with Gasteiger partial charge in [-0.05, 0) is 84.1 Å². The largest absolute Gasteiger partial charge is 0.744 e. The Labute approximate surface area is 343 Å². The second-order valence-electron chi connectivity index (χ2n) is 15.7. The first-order valence-electron chi connectivity index (χ1n) is 19.2. The van der Waals surface area contributed by atoms with Crippen LogP contribution in [0.5, 0.6) is 0 Å². The maximum atomic E-state index is 11.9. The average molecular weight is 818 g/mol. The highest BCUT2D eigenvalue weighted by Crippen LogP contribution is 2.51. The highest BCUT2D eigenvalue weighted by Gasteiger charge is 2.46. The van der Waals surface area contributed by atoms with Crippen LogP contribution in [0.3, 0.4) is 0 Å². The maximum absolute atomic E-state index is 11.9. The minimum atomic E-state index is -4.77. The number of unbranched alkanes of at least 4 members (excludes halogenated alkanes) is 2. The molecule has 0 spiro atoms. The molecule has 12 heteroatoms. The summed E-state index contributed by atoms with van der Waals surface area (Å²) in [6.07, 6.45) is 12.9. The Morgan fingerprint density at radius 3 is 2.22 bits per heavy atom. The van der Waals surface area contributed by atoms with Crippen molar-refractivity contribution < 1.29 is 42.1 Å². The van der Waals surface area contributed by atoms with Gasteiger partial charge in [-0.3, -0.25) is 9.83 Å². The molecule has 10 nitrogen and oxygen atoms in total. The van der Waals surface area contributed by atoms with Crippen LogP contribution in [-0.2, 0) is 41.7 Å². The molecular weight excluding hydrogens is 773 g/mol. The molecule has 5 aromatic carbocycles. The van der Waals surface area contributed by atoms with Gasteiger partial charge in [0.1, 0.15) is 10.1 Å². The van der Waals surface area contributed by atoms with Crippen molar-refractivity contribution >= 4 is 66.8 Å². The topological polar surface area (TPSA) is 142 Å². The van der Waals surface area contributed by atoms with Crippen LogP contribution >= 0.6 is 12.0 Å². The predicted octanol–water partition coefficient (Wildman–Crippen LogP) is 9.14. The smallest absolute Gasteiger partial charge is 0.303 e. The Kier molecular flexibility index (Phi) is 11.8. The van der Waals surface area contributed by atoms with Crippen molar-refractivity contribution in [2.45, 2.75) is 80.5 Å². The van der Waals surface area contributed by atoms with Gasteiger partial charge in [-0.25, -0.2) is 8.42 Å². The molecule has 300 valence electrons. The number of benzene rings is 5. The van der Waals surface area contributed by atoms with Gasteiger partial charge in [0.25, 0.3) is 0 Å². The molecule has 0 atom stereocenters. The van der Waals surface area contributed by atoms with Gasteiger partial charge in [-0.15, -0.1) is 0 Å². The molecule has 0 aliphatic carbocycles. The van der Waals surface area contributed by atoms with E-state index < -0.39 is 26.4 Å². The summed E-state index contributed by atoms with van der Waals surface area (Å²) in [7, 11) is -4.77. The van der Waals surface area contributed by atoms with Gasteiger partial charge in [0.05, 0.1) is 22.4 Å². The van der Waals surface area contributed by atoms with Crippen LogP contribution in [0.1, 0.15) is 70.1 Å².